The van der Waals surface area contributed by atoms with Crippen molar-refractivity contribution in [1.82, 2.24) is 5.32 Å². The van der Waals surface area contributed by atoms with Gasteiger partial charge in [-0.2, -0.15) is 0 Å². The fraction of sp³-hybridized carbons (Fsp3) is 0.278. The number of hydrogen-bond acceptors (Lipinski definition) is 1. The molecule has 1 amide bonds. The highest BCUT2D eigenvalue weighted by Gasteiger charge is 2.14. The quantitative estimate of drug-likeness (QED) is 0.884. The van der Waals surface area contributed by atoms with Crippen LogP contribution in [-0.4, -0.2) is 5.91 Å². The van der Waals surface area contributed by atoms with Crippen LogP contribution in [0.15, 0.2) is 48.5 Å². The second kappa shape index (κ2) is 6.53. The van der Waals surface area contributed by atoms with E-state index in [0.29, 0.717) is 5.92 Å². The van der Waals surface area contributed by atoms with E-state index >= 15 is 0 Å². The van der Waals surface area contributed by atoms with Crippen LogP contribution in [0.3, 0.4) is 0 Å². The Morgan fingerprint density at radius 2 is 1.52 bits per heavy atom. The zero-order valence-corrected chi connectivity index (χ0v) is 12.6. The van der Waals surface area contributed by atoms with Gasteiger partial charge in [-0.15, -0.1) is 0 Å². The Balaban J connectivity index is 2.09. The van der Waals surface area contributed by atoms with E-state index in [1.165, 1.54) is 17.7 Å². The molecular weight excluding hydrogens is 265 g/mol. The average Bonchev–Trinajstić information content (AvgIpc) is 2.47. The first-order valence-electron chi connectivity index (χ1n) is 7.14. The second-order valence-electron chi connectivity index (χ2n) is 5.50. The molecule has 0 saturated heterocycles. The van der Waals surface area contributed by atoms with Crippen LogP contribution in [0, 0.1) is 5.82 Å². The number of benzene rings is 2. The first-order chi connectivity index (χ1) is 9.99. The van der Waals surface area contributed by atoms with Crippen LogP contribution >= 0.6 is 0 Å². The predicted octanol–water partition coefficient (Wildman–Crippen LogP) is 4.44. The van der Waals surface area contributed by atoms with Gasteiger partial charge in [0.05, 0.1) is 11.6 Å². The van der Waals surface area contributed by atoms with E-state index < -0.39 is 11.7 Å². The Hall–Kier alpha value is -2.16. The zero-order valence-electron chi connectivity index (χ0n) is 12.6. The first kappa shape index (κ1) is 15.2. The van der Waals surface area contributed by atoms with E-state index in [9.17, 15) is 9.18 Å². The molecule has 3 heteroatoms. The predicted molar refractivity (Wildman–Crippen MR) is 82.8 cm³/mol. The topological polar surface area (TPSA) is 29.1 Å². The average molecular weight is 285 g/mol. The molecule has 2 aromatic rings. The van der Waals surface area contributed by atoms with E-state index in [-0.39, 0.29) is 11.6 Å². The molecule has 2 rings (SSSR count). The summed E-state index contributed by atoms with van der Waals surface area (Å²) in [5, 5.41) is 2.82. The molecule has 0 bridgehead atoms. The maximum Gasteiger partial charge on any atom is 0.254 e. The monoisotopic (exact) mass is 285 g/mol. The molecule has 1 atom stereocenters. The third-order valence-electron chi connectivity index (χ3n) is 3.57. The van der Waals surface area contributed by atoms with Gasteiger partial charge in [0.2, 0.25) is 0 Å². The van der Waals surface area contributed by atoms with E-state index in [1.807, 2.05) is 19.1 Å². The minimum absolute atomic E-state index is 0.0724. The maximum absolute atomic E-state index is 13.6. The number of carbonyl (C=O) groups excluding carboxylic acids is 1. The third-order valence-corrected chi connectivity index (χ3v) is 3.57. The molecule has 0 aliphatic rings. The van der Waals surface area contributed by atoms with Crippen LogP contribution < -0.4 is 5.32 Å². The van der Waals surface area contributed by atoms with Gasteiger partial charge in [0.1, 0.15) is 5.82 Å². The molecule has 0 fully saturated rings. The standard InChI is InChI=1S/C18H20FNO/c1-12(2)14-8-10-15(11-9-14)13(3)20-18(21)16-6-4-5-7-17(16)19/h4-13H,1-3H3,(H,20,21). The Labute approximate surface area is 125 Å². The lowest BCUT2D eigenvalue weighted by Crippen LogP contribution is -2.27. The number of amides is 1. The summed E-state index contributed by atoms with van der Waals surface area (Å²) in [4.78, 5) is 12.1. The molecule has 2 aromatic carbocycles. The first-order valence-corrected chi connectivity index (χ1v) is 7.14. The van der Waals surface area contributed by atoms with Gasteiger partial charge in [-0.3, -0.25) is 4.79 Å². The molecule has 0 aromatic heterocycles. The summed E-state index contributed by atoms with van der Waals surface area (Å²) >= 11 is 0. The van der Waals surface area contributed by atoms with Gasteiger partial charge in [-0.1, -0.05) is 50.2 Å². The number of halogens is 1. The van der Waals surface area contributed by atoms with Gasteiger partial charge in [-0.25, -0.2) is 4.39 Å². The molecule has 0 heterocycles. The number of rotatable bonds is 4. The SMILES string of the molecule is CC(C)c1ccc(C(C)NC(=O)c2ccccc2F)cc1. The second-order valence-corrected chi connectivity index (χ2v) is 5.50. The zero-order chi connectivity index (χ0) is 15.4. The van der Waals surface area contributed by atoms with Crippen molar-refractivity contribution >= 4 is 5.91 Å². The van der Waals surface area contributed by atoms with Gasteiger partial charge in [-0.05, 0) is 36.1 Å². The summed E-state index contributed by atoms with van der Waals surface area (Å²) in [5.41, 5.74) is 2.33. The summed E-state index contributed by atoms with van der Waals surface area (Å²) in [6.07, 6.45) is 0. The summed E-state index contributed by atoms with van der Waals surface area (Å²) in [6.45, 7) is 6.17. The number of carbonyl (C=O) groups is 1. The summed E-state index contributed by atoms with van der Waals surface area (Å²) in [7, 11) is 0. The Kier molecular flexibility index (Phi) is 4.73. The molecule has 2 nitrogen and oxygen atoms in total. The molecule has 0 aliphatic heterocycles. The van der Waals surface area contributed by atoms with Crippen molar-refractivity contribution < 1.29 is 9.18 Å². The molecule has 0 saturated carbocycles. The maximum atomic E-state index is 13.6. The molecule has 1 unspecified atom stereocenters. The molecular formula is C18H20FNO. The largest absolute Gasteiger partial charge is 0.345 e. The fourth-order valence-electron chi connectivity index (χ4n) is 2.17. The van der Waals surface area contributed by atoms with Crippen LogP contribution in [-0.2, 0) is 0 Å². The third kappa shape index (κ3) is 3.69. The van der Waals surface area contributed by atoms with Crippen molar-refractivity contribution in [2.24, 2.45) is 0 Å². The van der Waals surface area contributed by atoms with Crippen molar-refractivity contribution in [2.75, 3.05) is 0 Å². The van der Waals surface area contributed by atoms with Gasteiger partial charge < -0.3 is 5.32 Å². The lowest BCUT2D eigenvalue weighted by Gasteiger charge is -2.16. The Morgan fingerprint density at radius 3 is 2.10 bits per heavy atom. The van der Waals surface area contributed by atoms with Crippen LogP contribution in [0.4, 0.5) is 4.39 Å². The van der Waals surface area contributed by atoms with Crippen molar-refractivity contribution in [3.05, 3.63) is 71.0 Å². The summed E-state index contributed by atoms with van der Waals surface area (Å²) < 4.78 is 13.6. The van der Waals surface area contributed by atoms with Crippen molar-refractivity contribution in [1.29, 1.82) is 0 Å². The molecule has 0 radical (unpaired) electrons. The van der Waals surface area contributed by atoms with Crippen molar-refractivity contribution in [3.8, 4) is 0 Å². The van der Waals surface area contributed by atoms with E-state index in [2.05, 4.69) is 31.3 Å². The highest BCUT2D eigenvalue weighted by molar-refractivity contribution is 5.94. The molecule has 21 heavy (non-hydrogen) atoms. The highest BCUT2D eigenvalue weighted by atomic mass is 19.1. The minimum atomic E-state index is -0.502. The van der Waals surface area contributed by atoms with Crippen molar-refractivity contribution in [3.63, 3.8) is 0 Å². The summed E-state index contributed by atoms with van der Waals surface area (Å²) in [5.74, 6) is -0.423. The normalized spacial score (nSPS) is 12.2. The fourth-order valence-corrected chi connectivity index (χ4v) is 2.17. The lowest BCUT2D eigenvalue weighted by atomic mass is 9.99. The molecule has 0 aliphatic carbocycles. The van der Waals surface area contributed by atoms with Crippen LogP contribution in [0.1, 0.15) is 54.2 Å². The smallest absolute Gasteiger partial charge is 0.254 e. The molecule has 0 spiro atoms. The Bertz CT molecular complexity index is 619. The van der Waals surface area contributed by atoms with Gasteiger partial charge in [0, 0.05) is 0 Å². The van der Waals surface area contributed by atoms with Crippen molar-refractivity contribution in [2.45, 2.75) is 32.7 Å². The number of nitrogens with one attached hydrogen (secondary N) is 1. The van der Waals surface area contributed by atoms with E-state index in [1.54, 1.807) is 12.1 Å². The minimum Gasteiger partial charge on any atom is -0.345 e. The van der Waals surface area contributed by atoms with Gasteiger partial charge >= 0.3 is 0 Å². The van der Waals surface area contributed by atoms with Crippen LogP contribution in [0.25, 0.3) is 0 Å². The van der Waals surface area contributed by atoms with Crippen LogP contribution in [0.2, 0.25) is 0 Å². The Morgan fingerprint density at radius 1 is 0.952 bits per heavy atom. The lowest BCUT2D eigenvalue weighted by molar-refractivity contribution is 0.0936. The number of hydrogen-bond donors (Lipinski definition) is 1. The van der Waals surface area contributed by atoms with E-state index in [0.717, 1.165) is 5.56 Å². The van der Waals surface area contributed by atoms with Gasteiger partial charge in [0.25, 0.3) is 5.91 Å². The van der Waals surface area contributed by atoms with E-state index in [4.69, 9.17) is 0 Å². The molecule has 1 N–H and O–H groups in total. The van der Waals surface area contributed by atoms with Gasteiger partial charge in [0.15, 0.2) is 0 Å². The summed E-state index contributed by atoms with van der Waals surface area (Å²) in [6, 6.07) is 14.0. The highest BCUT2D eigenvalue weighted by Crippen LogP contribution is 2.19. The molecule has 110 valence electrons. The van der Waals surface area contributed by atoms with Crippen LogP contribution in [0.5, 0.6) is 0 Å².